The monoisotopic (exact) mass is 1380 g/mol. The maximum atomic E-state index is 13.0. The van der Waals surface area contributed by atoms with Crippen molar-refractivity contribution in [3.05, 3.63) is 130 Å². The smallest absolute Gasteiger partial charge is 0.416 e. The molecule has 5 unspecified atom stereocenters. The Balaban J connectivity index is 0.000000184. The van der Waals surface area contributed by atoms with Crippen LogP contribution in [0.2, 0.25) is 0 Å². The topological polar surface area (TPSA) is 158 Å². The molecule has 95 heavy (non-hydrogen) atoms. The van der Waals surface area contributed by atoms with E-state index >= 15 is 0 Å². The van der Waals surface area contributed by atoms with E-state index in [1.807, 2.05) is 19.9 Å². The zero-order valence-corrected chi connectivity index (χ0v) is 61.0. The second kappa shape index (κ2) is 34.0. The highest BCUT2D eigenvalue weighted by Gasteiger charge is 2.39. The number of hydrogen-bond acceptors (Lipinski definition) is 10. The second-order valence-electron chi connectivity index (χ2n) is 30.5. The number of aryl methyl sites for hydroxylation is 3. The minimum Gasteiger partial charge on any atom is -0.490 e. The maximum absolute atomic E-state index is 13.0. The van der Waals surface area contributed by atoms with Gasteiger partial charge >= 0.3 is 6.18 Å². The molecule has 0 N–H and O–H groups in total. The summed E-state index contributed by atoms with van der Waals surface area (Å²) >= 11 is 0. The van der Waals surface area contributed by atoms with Crippen LogP contribution in [0, 0.1) is 47.3 Å². The van der Waals surface area contributed by atoms with Crippen LogP contribution in [-0.4, -0.2) is 88.4 Å². The average Bonchev–Trinajstić information content (AvgIpc) is 1.62. The van der Waals surface area contributed by atoms with Crippen LogP contribution in [0.5, 0.6) is 5.75 Å². The predicted octanol–water partition coefficient (Wildman–Crippen LogP) is 18.4. The fourth-order valence-electron chi connectivity index (χ4n) is 15.6. The molecule has 4 aromatic rings. The lowest BCUT2D eigenvalue weighted by molar-refractivity contribution is -0.137. The summed E-state index contributed by atoms with van der Waals surface area (Å²) in [5, 5.41) is -0.830. The third-order valence-corrected chi connectivity index (χ3v) is 29.5. The van der Waals surface area contributed by atoms with Gasteiger partial charge in [0.05, 0.1) is 67.6 Å². The highest BCUT2D eigenvalue weighted by Crippen LogP contribution is 2.42. The molecule has 4 aromatic carbocycles. The molecule has 528 valence electrons. The predicted molar refractivity (Wildman–Crippen MR) is 379 cm³/mol. The Hall–Kier alpha value is -4.58. The normalized spacial score (nSPS) is 27.0. The number of carbonyl (C=O) groups is 2. The average molecular weight is 1380 g/mol. The highest BCUT2D eigenvalue weighted by molar-refractivity contribution is 7.92. The van der Waals surface area contributed by atoms with Crippen LogP contribution < -0.4 is 9.64 Å². The molecule has 5 atom stereocenters. The lowest BCUT2D eigenvalue weighted by Crippen LogP contribution is -2.35. The fraction of sp³-hybridized carbons (Fsp3) is 0.667. The summed E-state index contributed by atoms with van der Waals surface area (Å²) in [7, 11) is -8.84. The van der Waals surface area contributed by atoms with Gasteiger partial charge in [-0.3, -0.25) is 9.59 Å². The van der Waals surface area contributed by atoms with Crippen molar-refractivity contribution in [2.45, 2.75) is 263 Å². The number of halogens is 3. The molecule has 0 radical (unpaired) electrons. The summed E-state index contributed by atoms with van der Waals surface area (Å²) in [5.41, 5.74) is 5.06. The van der Waals surface area contributed by atoms with E-state index in [1.54, 1.807) is 45.4 Å². The SMILES string of the molecule is CC(C)S(=O)(=O)CC1CCC(CCc2ccc3c(c2)C(=O)N(c2ccc(C(F)(F)F)cc2)C3=O)CC1.CC1CC(Oc2ccc(CCC3CCC(CS(=O)(=O)C(C)C)CC3)cc2)CC(C)O1.CC1CCCC(c2ccc(CCC3CCC(CS(=O)(=O)C(C)C)CC3)cc2)C1C. The second-order valence-corrected chi connectivity index (χ2v) is 38.3. The molecule has 2 heterocycles. The van der Waals surface area contributed by atoms with Crippen LogP contribution in [0.1, 0.15) is 252 Å². The van der Waals surface area contributed by atoms with Crippen LogP contribution >= 0.6 is 0 Å². The van der Waals surface area contributed by atoms with Crippen molar-refractivity contribution in [3.63, 3.8) is 0 Å². The molecule has 0 bridgehead atoms. The number of carbonyl (C=O) groups excluding carboxylic acids is 2. The highest BCUT2D eigenvalue weighted by atomic mass is 32.2. The van der Waals surface area contributed by atoms with Gasteiger partial charge in [-0.05, 0) is 263 Å². The summed E-state index contributed by atoms with van der Waals surface area (Å²) in [4.78, 5) is 26.7. The Bertz CT molecular complexity index is 3430. The Labute approximate surface area is 569 Å². The van der Waals surface area contributed by atoms with Crippen molar-refractivity contribution in [3.8, 4) is 5.75 Å². The van der Waals surface area contributed by atoms with E-state index in [9.17, 15) is 48.0 Å². The van der Waals surface area contributed by atoms with E-state index in [0.29, 0.717) is 29.3 Å². The zero-order chi connectivity index (χ0) is 69.0. The fourth-order valence-corrected chi connectivity index (χ4v) is 19.7. The van der Waals surface area contributed by atoms with Crippen molar-refractivity contribution in [2.24, 2.45) is 47.3 Å². The quantitative estimate of drug-likeness (QED) is 0.0693. The largest absolute Gasteiger partial charge is 0.490 e. The summed E-state index contributed by atoms with van der Waals surface area (Å²) in [5.74, 6) is 6.24. The first-order chi connectivity index (χ1) is 44.8. The van der Waals surface area contributed by atoms with Gasteiger partial charge in [0.1, 0.15) is 11.9 Å². The Morgan fingerprint density at radius 3 is 1.29 bits per heavy atom. The van der Waals surface area contributed by atoms with E-state index in [-0.39, 0.29) is 62.5 Å². The molecule has 4 saturated carbocycles. The number of alkyl halides is 3. The van der Waals surface area contributed by atoms with E-state index in [4.69, 9.17) is 9.47 Å². The Kier molecular flexibility index (Phi) is 27.3. The molecular formula is C78H112F3NO10S3. The van der Waals surface area contributed by atoms with E-state index < -0.39 is 53.1 Å². The Morgan fingerprint density at radius 2 is 0.874 bits per heavy atom. The molecule has 17 heteroatoms. The first-order valence-corrected chi connectivity index (χ1v) is 41.3. The number of hydrogen-bond donors (Lipinski definition) is 0. The first kappa shape index (κ1) is 76.2. The van der Waals surface area contributed by atoms with Gasteiger partial charge in [-0.2, -0.15) is 13.2 Å². The van der Waals surface area contributed by atoms with Crippen LogP contribution in [0.15, 0.2) is 91.0 Å². The molecule has 5 fully saturated rings. The minimum absolute atomic E-state index is 0.104. The number of benzene rings is 4. The molecule has 0 aromatic heterocycles. The van der Waals surface area contributed by atoms with Crippen molar-refractivity contribution in [1.29, 1.82) is 0 Å². The van der Waals surface area contributed by atoms with Gasteiger partial charge in [0, 0.05) is 12.8 Å². The number of ether oxygens (including phenoxy) is 2. The molecule has 4 aliphatic carbocycles. The van der Waals surface area contributed by atoms with Crippen molar-refractivity contribution < 1.29 is 57.5 Å². The third kappa shape index (κ3) is 22.0. The molecule has 10 rings (SSSR count). The molecule has 1 saturated heterocycles. The zero-order valence-electron chi connectivity index (χ0n) is 58.6. The van der Waals surface area contributed by atoms with Crippen LogP contribution in [0.3, 0.4) is 0 Å². The van der Waals surface area contributed by atoms with Gasteiger partial charge < -0.3 is 9.47 Å². The van der Waals surface area contributed by atoms with Crippen molar-refractivity contribution in [2.75, 3.05) is 22.2 Å². The summed E-state index contributed by atoms with van der Waals surface area (Å²) in [6, 6.07) is 27.2. The molecule has 11 nitrogen and oxygen atoms in total. The summed E-state index contributed by atoms with van der Waals surface area (Å²) in [6.45, 7) is 19.7. The van der Waals surface area contributed by atoms with Gasteiger partial charge in [-0.25, -0.2) is 30.2 Å². The molecular weight excluding hydrogens is 1260 g/mol. The number of sulfone groups is 3. The van der Waals surface area contributed by atoms with E-state index in [0.717, 1.165) is 160 Å². The van der Waals surface area contributed by atoms with E-state index in [2.05, 4.69) is 76.2 Å². The lowest BCUT2D eigenvalue weighted by atomic mass is 9.71. The summed E-state index contributed by atoms with van der Waals surface area (Å²) < 4.78 is 124. The lowest BCUT2D eigenvalue weighted by Gasteiger charge is -2.34. The Morgan fingerprint density at radius 1 is 0.484 bits per heavy atom. The van der Waals surface area contributed by atoms with Crippen LogP contribution in [0.25, 0.3) is 0 Å². The standard InChI is InChI=1S/C27H30F3NO4S.C26H42O2S.C25H40O4S/c1-17(2)36(34,35)16-20-7-4-18(5-8-20)3-6-19-9-14-23-24(15-19)26(33)31(25(23)32)22-12-10-21(11-13-22)27(28,29)30;1-19(2)29(27,28)18-24-12-10-22(11-13-24)8-9-23-14-16-25(17-15-23)26-7-5-6-20(3)21(26)4;1-18(2)30(26,27)17-23-9-7-21(8-10-23)5-6-22-11-13-24(14-12-22)29-25-15-19(3)28-20(4)16-25/h9-15,17-18,20H,3-8,16H2,1-2H3;14-17,19-22,24,26H,5-13,18H2,1-4H3;11-14,18-21,23,25H,5-10,15-17H2,1-4H3. The van der Waals surface area contributed by atoms with Crippen LogP contribution in [-0.2, 0) is 59.7 Å². The van der Waals surface area contributed by atoms with E-state index in [1.165, 1.54) is 68.9 Å². The molecule has 2 amide bonds. The van der Waals surface area contributed by atoms with Gasteiger partial charge in [0.25, 0.3) is 11.8 Å². The minimum atomic E-state index is -4.50. The maximum Gasteiger partial charge on any atom is 0.416 e. The third-order valence-electron chi connectivity index (χ3n) is 22.4. The number of rotatable bonds is 22. The molecule has 0 spiro atoms. The number of imide groups is 1. The van der Waals surface area contributed by atoms with Crippen molar-refractivity contribution in [1.82, 2.24) is 0 Å². The van der Waals surface area contributed by atoms with Gasteiger partial charge in [0.15, 0.2) is 29.5 Å². The van der Waals surface area contributed by atoms with Crippen molar-refractivity contribution >= 4 is 47.0 Å². The van der Waals surface area contributed by atoms with Gasteiger partial charge in [0.2, 0.25) is 0 Å². The number of amides is 2. The van der Waals surface area contributed by atoms with Crippen LogP contribution in [0.4, 0.5) is 18.9 Å². The number of anilines is 1. The van der Waals surface area contributed by atoms with Gasteiger partial charge in [-0.15, -0.1) is 0 Å². The molecule has 2 aliphatic heterocycles. The molecule has 6 aliphatic rings. The van der Waals surface area contributed by atoms with Gasteiger partial charge in [-0.1, -0.05) is 108 Å². The summed E-state index contributed by atoms with van der Waals surface area (Å²) in [6.07, 6.45) is 21.4. The number of nitrogens with zero attached hydrogens (tertiary/aromatic N) is 1. The number of fused-ring (bicyclic) bond motifs is 1. The first-order valence-electron chi connectivity index (χ1n) is 36.2.